The molecule has 1 aromatic rings. The largest absolute Gasteiger partial charge is 0.490 e. The fraction of sp³-hybridized carbons (Fsp3) is 0.650. The van der Waals surface area contributed by atoms with Gasteiger partial charge in [0.25, 0.3) is 5.91 Å². The van der Waals surface area contributed by atoms with Crippen molar-refractivity contribution in [2.45, 2.75) is 25.9 Å². The zero-order valence-corrected chi connectivity index (χ0v) is 15.9. The van der Waals surface area contributed by atoms with Crippen molar-refractivity contribution < 1.29 is 14.6 Å². The number of nitrogens with zero attached hydrogens (tertiary/aromatic N) is 2. The van der Waals surface area contributed by atoms with Crippen molar-refractivity contribution in [2.75, 3.05) is 52.9 Å². The second-order valence-electron chi connectivity index (χ2n) is 7.89. The summed E-state index contributed by atoms with van der Waals surface area (Å²) in [5.41, 5.74) is 1.19. The molecule has 144 valence electrons. The quantitative estimate of drug-likeness (QED) is 0.720. The Balaban J connectivity index is 1.39. The number of hydrogen-bond donors (Lipinski definition) is 2. The number of ether oxygens (including phenoxy) is 1. The highest BCUT2D eigenvalue weighted by molar-refractivity contribution is 5.80. The van der Waals surface area contributed by atoms with Crippen molar-refractivity contribution in [1.82, 2.24) is 15.1 Å². The van der Waals surface area contributed by atoms with Gasteiger partial charge in [0.05, 0.1) is 0 Å². The number of aryl methyl sites for hydroxylation is 1. The summed E-state index contributed by atoms with van der Waals surface area (Å²) in [4.78, 5) is 17.0. The number of para-hydroxylation sites is 1. The maximum absolute atomic E-state index is 12.2. The Morgan fingerprint density at radius 3 is 2.62 bits per heavy atom. The van der Waals surface area contributed by atoms with Gasteiger partial charge >= 0.3 is 0 Å². The monoisotopic (exact) mass is 361 g/mol. The Labute approximate surface area is 156 Å². The molecule has 2 N–H and O–H groups in total. The minimum Gasteiger partial charge on any atom is -0.490 e. The van der Waals surface area contributed by atoms with Gasteiger partial charge in [-0.15, -0.1) is 0 Å². The van der Waals surface area contributed by atoms with Gasteiger partial charge in [-0.25, -0.2) is 0 Å². The van der Waals surface area contributed by atoms with Crippen LogP contribution in [0.3, 0.4) is 0 Å². The molecule has 1 heterocycles. The number of likely N-dealkylation sites (N-methyl/N-ethyl adjacent to an activating group) is 1. The summed E-state index contributed by atoms with van der Waals surface area (Å²) in [6, 6.07) is 7.59. The first-order valence-corrected chi connectivity index (χ1v) is 9.53. The van der Waals surface area contributed by atoms with Crippen molar-refractivity contribution in [2.24, 2.45) is 5.41 Å². The number of piperazine rings is 1. The predicted octanol–water partition coefficient (Wildman–Crippen LogP) is 0.879. The van der Waals surface area contributed by atoms with Crippen molar-refractivity contribution in [1.29, 1.82) is 0 Å². The molecule has 3 rings (SSSR count). The Morgan fingerprint density at radius 2 is 1.96 bits per heavy atom. The Hall–Kier alpha value is -1.63. The first-order chi connectivity index (χ1) is 12.5. The Morgan fingerprint density at radius 1 is 1.27 bits per heavy atom. The van der Waals surface area contributed by atoms with Crippen molar-refractivity contribution in [3.8, 4) is 5.75 Å². The van der Waals surface area contributed by atoms with Gasteiger partial charge in [-0.2, -0.15) is 0 Å². The summed E-state index contributed by atoms with van der Waals surface area (Å²) in [7, 11) is 2.16. The van der Waals surface area contributed by atoms with E-state index in [2.05, 4.69) is 22.2 Å². The molecule has 1 saturated carbocycles. The topological polar surface area (TPSA) is 65.0 Å². The molecule has 1 aliphatic heterocycles. The van der Waals surface area contributed by atoms with E-state index in [-0.39, 0.29) is 17.9 Å². The Kier molecular flexibility index (Phi) is 6.16. The van der Waals surface area contributed by atoms with E-state index < -0.39 is 6.10 Å². The van der Waals surface area contributed by atoms with Crippen LogP contribution in [0.2, 0.25) is 0 Å². The van der Waals surface area contributed by atoms with Crippen LogP contribution in [0.4, 0.5) is 0 Å². The van der Waals surface area contributed by atoms with E-state index in [0.29, 0.717) is 12.3 Å². The van der Waals surface area contributed by atoms with Crippen LogP contribution in [0, 0.1) is 12.3 Å². The predicted molar refractivity (Wildman–Crippen MR) is 101 cm³/mol. The molecule has 6 heteroatoms. The third-order valence-corrected chi connectivity index (χ3v) is 5.54. The lowest BCUT2D eigenvalue weighted by atomic mass is 10.1. The van der Waals surface area contributed by atoms with E-state index in [1.165, 1.54) is 0 Å². The van der Waals surface area contributed by atoms with Gasteiger partial charge in [0.2, 0.25) is 0 Å². The summed E-state index contributed by atoms with van der Waals surface area (Å²) >= 11 is 0. The Bertz CT molecular complexity index is 610. The van der Waals surface area contributed by atoms with E-state index in [1.54, 1.807) is 0 Å². The van der Waals surface area contributed by atoms with Gasteiger partial charge in [0.15, 0.2) is 6.10 Å². The standard InChI is InChI=1S/C20H31N3O3/c1-16-5-3-4-6-18(16)26-13-17(24)19(25)21-14-20(7-8-20)15-23-11-9-22(2)10-12-23/h3-6,17,24H,7-15H2,1-2H3,(H,21,25). The van der Waals surface area contributed by atoms with Crippen molar-refractivity contribution in [3.63, 3.8) is 0 Å². The lowest BCUT2D eigenvalue weighted by molar-refractivity contribution is -0.131. The third-order valence-electron chi connectivity index (χ3n) is 5.54. The molecular weight excluding hydrogens is 330 g/mol. The van der Waals surface area contributed by atoms with Crippen LogP contribution in [0.1, 0.15) is 18.4 Å². The van der Waals surface area contributed by atoms with Gasteiger partial charge in [-0.3, -0.25) is 4.79 Å². The molecule has 6 nitrogen and oxygen atoms in total. The van der Waals surface area contributed by atoms with Crippen LogP contribution in [0.15, 0.2) is 24.3 Å². The van der Waals surface area contributed by atoms with E-state index in [4.69, 9.17) is 4.74 Å². The highest BCUT2D eigenvalue weighted by Crippen LogP contribution is 2.45. The van der Waals surface area contributed by atoms with E-state index in [1.807, 2.05) is 31.2 Å². The minimum absolute atomic E-state index is 0.0256. The summed E-state index contributed by atoms with van der Waals surface area (Å²) in [6.45, 7) is 8.00. The van der Waals surface area contributed by atoms with Gasteiger partial charge in [0, 0.05) is 44.7 Å². The smallest absolute Gasteiger partial charge is 0.252 e. The number of hydrogen-bond acceptors (Lipinski definition) is 5. The SMILES string of the molecule is Cc1ccccc1OCC(O)C(=O)NCC1(CN2CCN(C)CC2)CC1. The summed E-state index contributed by atoms with van der Waals surface area (Å²) in [5.74, 6) is 0.358. The lowest BCUT2D eigenvalue weighted by Crippen LogP contribution is -2.48. The highest BCUT2D eigenvalue weighted by Gasteiger charge is 2.44. The van der Waals surface area contributed by atoms with Gasteiger partial charge < -0.3 is 25.0 Å². The maximum atomic E-state index is 12.2. The summed E-state index contributed by atoms with van der Waals surface area (Å²) < 4.78 is 5.58. The van der Waals surface area contributed by atoms with Crippen LogP contribution in [0.5, 0.6) is 5.75 Å². The molecule has 1 aliphatic carbocycles. The first-order valence-electron chi connectivity index (χ1n) is 9.53. The zero-order valence-electron chi connectivity index (χ0n) is 15.9. The average molecular weight is 361 g/mol. The molecule has 0 spiro atoms. The number of aliphatic hydroxyl groups excluding tert-OH is 1. The van der Waals surface area contributed by atoms with Gasteiger partial charge in [0.1, 0.15) is 12.4 Å². The highest BCUT2D eigenvalue weighted by atomic mass is 16.5. The second kappa shape index (κ2) is 8.37. The van der Waals surface area contributed by atoms with Crippen LogP contribution in [-0.2, 0) is 4.79 Å². The normalized spacial score (nSPS) is 21.2. The number of carbonyl (C=O) groups is 1. The molecule has 1 unspecified atom stereocenters. The second-order valence-corrected chi connectivity index (χ2v) is 7.89. The number of nitrogens with one attached hydrogen (secondary N) is 1. The molecule has 1 aromatic carbocycles. The van der Waals surface area contributed by atoms with E-state index in [9.17, 15) is 9.90 Å². The van der Waals surface area contributed by atoms with Crippen LogP contribution < -0.4 is 10.1 Å². The minimum atomic E-state index is -1.14. The zero-order chi connectivity index (χ0) is 18.6. The van der Waals surface area contributed by atoms with Gasteiger partial charge in [-0.1, -0.05) is 18.2 Å². The van der Waals surface area contributed by atoms with Crippen molar-refractivity contribution in [3.05, 3.63) is 29.8 Å². The van der Waals surface area contributed by atoms with E-state index >= 15 is 0 Å². The molecule has 2 fully saturated rings. The molecule has 2 aliphatic rings. The van der Waals surface area contributed by atoms with Crippen LogP contribution in [-0.4, -0.2) is 79.8 Å². The molecule has 1 atom stereocenters. The molecular formula is C20H31N3O3. The molecule has 0 bridgehead atoms. The van der Waals surface area contributed by atoms with Crippen molar-refractivity contribution >= 4 is 5.91 Å². The lowest BCUT2D eigenvalue weighted by Gasteiger charge is -2.35. The fourth-order valence-electron chi connectivity index (χ4n) is 3.40. The van der Waals surface area contributed by atoms with Crippen LogP contribution in [0.25, 0.3) is 0 Å². The molecule has 0 aromatic heterocycles. The molecule has 1 amide bonds. The number of amides is 1. The maximum Gasteiger partial charge on any atom is 0.252 e. The summed E-state index contributed by atoms with van der Waals surface area (Å²) in [5, 5.41) is 13.0. The van der Waals surface area contributed by atoms with Gasteiger partial charge in [-0.05, 0) is 38.4 Å². The fourth-order valence-corrected chi connectivity index (χ4v) is 3.40. The average Bonchev–Trinajstić information content (AvgIpc) is 3.40. The molecule has 26 heavy (non-hydrogen) atoms. The number of aliphatic hydroxyl groups is 1. The molecule has 1 saturated heterocycles. The number of benzene rings is 1. The first kappa shape index (κ1) is 19.1. The summed E-state index contributed by atoms with van der Waals surface area (Å²) in [6.07, 6.45) is 1.15. The van der Waals surface area contributed by atoms with E-state index in [0.717, 1.165) is 51.1 Å². The number of rotatable bonds is 8. The number of carbonyl (C=O) groups excluding carboxylic acids is 1. The van der Waals surface area contributed by atoms with Crippen LogP contribution >= 0.6 is 0 Å². The third kappa shape index (κ3) is 5.19. The molecule has 0 radical (unpaired) electrons.